The van der Waals surface area contributed by atoms with Crippen molar-refractivity contribution in [3.05, 3.63) is 94.1 Å². The molecule has 0 aliphatic rings. The molecule has 5 heteroatoms. The summed E-state index contributed by atoms with van der Waals surface area (Å²) in [5, 5.41) is 0.923. The number of fused-ring (bicyclic) bond motifs is 1. The third kappa shape index (κ3) is 4.30. The smallest absolute Gasteiger partial charge is 0.188 e. The lowest BCUT2D eigenvalue weighted by molar-refractivity contribution is 0.104. The topological polar surface area (TPSA) is 48.4 Å². The van der Waals surface area contributed by atoms with E-state index in [1.807, 2.05) is 73.7 Å². The first-order valence-electron chi connectivity index (χ1n) is 10.1. The summed E-state index contributed by atoms with van der Waals surface area (Å²) in [4.78, 5) is 18.2. The molecular weight excluding hydrogens is 466 g/mol. The van der Waals surface area contributed by atoms with Crippen molar-refractivity contribution in [1.82, 2.24) is 4.98 Å². The number of aryl methyl sites for hydroxylation is 1. The van der Waals surface area contributed by atoms with Crippen molar-refractivity contribution < 1.29 is 14.3 Å². The van der Waals surface area contributed by atoms with Gasteiger partial charge in [0.1, 0.15) is 11.5 Å². The molecule has 0 fully saturated rings. The highest BCUT2D eigenvalue weighted by molar-refractivity contribution is 9.10. The van der Waals surface area contributed by atoms with Crippen LogP contribution in [0.3, 0.4) is 0 Å². The number of carbonyl (C=O) groups is 1. The third-order valence-corrected chi connectivity index (χ3v) is 5.78. The van der Waals surface area contributed by atoms with E-state index in [1.54, 1.807) is 26.4 Å². The van der Waals surface area contributed by atoms with Crippen LogP contribution >= 0.6 is 15.9 Å². The van der Waals surface area contributed by atoms with Crippen molar-refractivity contribution in [1.29, 1.82) is 0 Å². The molecule has 0 N–H and O–H groups in total. The van der Waals surface area contributed by atoms with Gasteiger partial charge in [0.05, 0.1) is 25.3 Å². The number of ether oxygens (including phenoxy) is 2. The van der Waals surface area contributed by atoms with Gasteiger partial charge in [0.2, 0.25) is 0 Å². The summed E-state index contributed by atoms with van der Waals surface area (Å²) in [7, 11) is 3.21. The lowest BCUT2D eigenvalue weighted by atomic mass is 9.92. The van der Waals surface area contributed by atoms with Crippen LogP contribution < -0.4 is 9.47 Å². The molecule has 0 radical (unpaired) electrons. The molecule has 3 aromatic carbocycles. The predicted octanol–water partition coefficient (Wildman–Crippen LogP) is 6.89. The van der Waals surface area contributed by atoms with Gasteiger partial charge in [-0.1, -0.05) is 46.3 Å². The summed E-state index contributed by atoms with van der Waals surface area (Å²) in [5.41, 5.74) is 4.72. The van der Waals surface area contributed by atoms with E-state index < -0.39 is 0 Å². The summed E-state index contributed by atoms with van der Waals surface area (Å²) >= 11 is 3.56. The average Bonchev–Trinajstić information content (AvgIpc) is 2.82. The Bertz CT molecular complexity index is 1330. The molecule has 0 bridgehead atoms. The lowest BCUT2D eigenvalue weighted by Crippen LogP contribution is -2.05. The summed E-state index contributed by atoms with van der Waals surface area (Å²) in [6.45, 7) is 1.88. The molecule has 1 aromatic heterocycles. The molecule has 0 unspecified atom stereocenters. The first-order valence-corrected chi connectivity index (χ1v) is 10.9. The molecule has 0 atom stereocenters. The molecular formula is C27H22BrNO3. The molecule has 0 aliphatic carbocycles. The van der Waals surface area contributed by atoms with Crippen molar-refractivity contribution in [2.75, 3.05) is 14.2 Å². The Morgan fingerprint density at radius 3 is 2.47 bits per heavy atom. The first kappa shape index (κ1) is 21.8. The monoisotopic (exact) mass is 487 g/mol. The second kappa shape index (κ2) is 9.37. The second-order valence-corrected chi connectivity index (χ2v) is 8.20. The van der Waals surface area contributed by atoms with Crippen LogP contribution in [-0.4, -0.2) is 25.0 Å². The standard InChI is InChI=1S/C27H22BrNO3/c1-17-26(24(30)13-9-19-15-21(31-2)11-14-25(19)32-3)27(18-7-5-4-6-8-18)22-16-20(28)10-12-23(22)29-17/h4-16H,1-3H3/b13-9+. The van der Waals surface area contributed by atoms with E-state index in [1.165, 1.54) is 0 Å². The maximum atomic E-state index is 13.5. The van der Waals surface area contributed by atoms with Crippen molar-refractivity contribution in [2.24, 2.45) is 0 Å². The molecule has 4 rings (SSSR count). The fourth-order valence-corrected chi connectivity index (χ4v) is 4.14. The third-order valence-electron chi connectivity index (χ3n) is 5.29. The second-order valence-electron chi connectivity index (χ2n) is 7.28. The summed E-state index contributed by atoms with van der Waals surface area (Å²) in [6.07, 6.45) is 3.32. The van der Waals surface area contributed by atoms with Crippen LogP contribution in [0.4, 0.5) is 0 Å². The van der Waals surface area contributed by atoms with Crippen LogP contribution in [-0.2, 0) is 0 Å². The van der Waals surface area contributed by atoms with Gasteiger partial charge >= 0.3 is 0 Å². The minimum atomic E-state index is -0.124. The molecule has 4 aromatic rings. The van der Waals surface area contributed by atoms with Gasteiger partial charge < -0.3 is 9.47 Å². The number of hydrogen-bond donors (Lipinski definition) is 0. The van der Waals surface area contributed by atoms with E-state index in [-0.39, 0.29) is 5.78 Å². The van der Waals surface area contributed by atoms with Gasteiger partial charge in [-0.25, -0.2) is 0 Å². The van der Waals surface area contributed by atoms with E-state index in [9.17, 15) is 4.79 Å². The minimum Gasteiger partial charge on any atom is -0.497 e. The molecule has 4 nitrogen and oxygen atoms in total. The number of carbonyl (C=O) groups excluding carboxylic acids is 1. The minimum absolute atomic E-state index is 0.124. The Hall–Kier alpha value is -3.44. The van der Waals surface area contributed by atoms with E-state index in [0.717, 1.165) is 32.1 Å². The largest absolute Gasteiger partial charge is 0.497 e. The zero-order chi connectivity index (χ0) is 22.7. The normalized spacial score (nSPS) is 11.1. The number of methoxy groups -OCH3 is 2. The number of rotatable bonds is 6. The predicted molar refractivity (Wildman–Crippen MR) is 133 cm³/mol. The number of pyridine rings is 1. The van der Waals surface area contributed by atoms with Gasteiger partial charge in [0.25, 0.3) is 0 Å². The van der Waals surface area contributed by atoms with Gasteiger partial charge in [0, 0.05) is 26.7 Å². The number of benzene rings is 3. The van der Waals surface area contributed by atoms with Gasteiger partial charge in [-0.15, -0.1) is 0 Å². The van der Waals surface area contributed by atoms with E-state index in [0.29, 0.717) is 22.8 Å². The molecule has 32 heavy (non-hydrogen) atoms. The van der Waals surface area contributed by atoms with Crippen LogP contribution in [0.25, 0.3) is 28.1 Å². The van der Waals surface area contributed by atoms with E-state index in [2.05, 4.69) is 15.9 Å². The number of nitrogens with zero attached hydrogens (tertiary/aromatic N) is 1. The zero-order valence-corrected chi connectivity index (χ0v) is 19.6. The maximum absolute atomic E-state index is 13.5. The highest BCUT2D eigenvalue weighted by Crippen LogP contribution is 2.35. The number of aromatic nitrogens is 1. The van der Waals surface area contributed by atoms with Gasteiger partial charge in [-0.3, -0.25) is 9.78 Å². The summed E-state index contributed by atoms with van der Waals surface area (Å²) in [6, 6.07) is 21.3. The van der Waals surface area contributed by atoms with Crippen molar-refractivity contribution >= 4 is 38.7 Å². The Morgan fingerprint density at radius 1 is 0.969 bits per heavy atom. The highest BCUT2D eigenvalue weighted by Gasteiger charge is 2.19. The van der Waals surface area contributed by atoms with E-state index in [4.69, 9.17) is 14.5 Å². The van der Waals surface area contributed by atoms with Gasteiger partial charge in [0.15, 0.2) is 5.78 Å². The van der Waals surface area contributed by atoms with Crippen molar-refractivity contribution in [2.45, 2.75) is 6.92 Å². The van der Waals surface area contributed by atoms with Crippen molar-refractivity contribution in [3.63, 3.8) is 0 Å². The number of ketones is 1. The zero-order valence-electron chi connectivity index (χ0n) is 18.1. The summed E-state index contributed by atoms with van der Waals surface area (Å²) in [5.74, 6) is 1.23. The Morgan fingerprint density at radius 2 is 1.75 bits per heavy atom. The van der Waals surface area contributed by atoms with Crippen LogP contribution in [0.1, 0.15) is 21.6 Å². The molecule has 0 amide bonds. The number of hydrogen-bond acceptors (Lipinski definition) is 4. The molecule has 160 valence electrons. The Balaban J connectivity index is 1.88. The molecule has 0 saturated heterocycles. The Kier molecular flexibility index (Phi) is 6.37. The van der Waals surface area contributed by atoms with Crippen LogP contribution in [0.15, 0.2) is 77.3 Å². The Labute approximate surface area is 195 Å². The molecule has 1 heterocycles. The summed E-state index contributed by atoms with van der Waals surface area (Å²) < 4.78 is 11.7. The molecule has 0 saturated carbocycles. The average molecular weight is 488 g/mol. The lowest BCUT2D eigenvalue weighted by Gasteiger charge is -2.14. The van der Waals surface area contributed by atoms with Crippen molar-refractivity contribution in [3.8, 4) is 22.6 Å². The van der Waals surface area contributed by atoms with Crippen LogP contribution in [0.5, 0.6) is 11.5 Å². The number of allylic oxidation sites excluding steroid dienone is 1. The first-order chi connectivity index (χ1) is 15.5. The maximum Gasteiger partial charge on any atom is 0.188 e. The fourth-order valence-electron chi connectivity index (χ4n) is 3.78. The fraction of sp³-hybridized carbons (Fsp3) is 0.111. The number of halogens is 1. The van der Waals surface area contributed by atoms with E-state index >= 15 is 0 Å². The van der Waals surface area contributed by atoms with Gasteiger partial charge in [-0.2, -0.15) is 0 Å². The molecule has 0 spiro atoms. The molecule has 0 aliphatic heterocycles. The highest BCUT2D eigenvalue weighted by atomic mass is 79.9. The quantitative estimate of drug-likeness (QED) is 0.219. The SMILES string of the molecule is COc1ccc(OC)c(/C=C/C(=O)c2c(C)nc3ccc(Br)cc3c2-c2ccccc2)c1. The van der Waals surface area contributed by atoms with Crippen LogP contribution in [0, 0.1) is 6.92 Å². The van der Waals surface area contributed by atoms with Crippen LogP contribution in [0.2, 0.25) is 0 Å². The van der Waals surface area contributed by atoms with Gasteiger partial charge in [-0.05, 0) is 61.0 Å².